The minimum Gasteiger partial charge on any atom is -0.357 e. The number of hydrogen-bond donors (Lipinski definition) is 2. The Hall–Kier alpha value is -2.64. The topological polar surface area (TPSA) is 72.5 Å². The molecule has 7 heteroatoms. The molecule has 3 heterocycles. The van der Waals surface area contributed by atoms with Crippen LogP contribution in [0.15, 0.2) is 43.5 Å². The molecule has 0 aromatic carbocycles. The van der Waals surface area contributed by atoms with Gasteiger partial charge in [-0.2, -0.15) is 5.10 Å². The quantitative estimate of drug-likeness (QED) is 0.519. The Bertz CT molecular complexity index is 1200. The second-order valence-corrected chi connectivity index (χ2v) is 9.49. The van der Waals surface area contributed by atoms with Crippen LogP contribution in [0, 0.1) is 4.51 Å². The lowest BCUT2D eigenvalue weighted by atomic mass is 9.76. The number of nitrogens with one attached hydrogen (secondary N) is 1. The lowest BCUT2D eigenvalue weighted by Gasteiger charge is -2.27. The Morgan fingerprint density at radius 2 is 2.03 bits per heavy atom. The molecule has 31 heavy (non-hydrogen) atoms. The first-order valence-electron chi connectivity index (χ1n) is 10.4. The maximum absolute atomic E-state index is 13.4. The fourth-order valence-corrected chi connectivity index (χ4v) is 4.95. The number of alkyl halides is 1. The first-order valence-corrected chi connectivity index (χ1v) is 10.8. The molecule has 0 bridgehead atoms. The molecule has 1 aliphatic rings. The van der Waals surface area contributed by atoms with Crippen molar-refractivity contribution in [2.75, 3.05) is 0 Å². The third kappa shape index (κ3) is 3.77. The van der Waals surface area contributed by atoms with Crippen LogP contribution in [0.1, 0.15) is 62.0 Å². The van der Waals surface area contributed by atoms with Crippen molar-refractivity contribution in [1.82, 2.24) is 19.7 Å². The van der Waals surface area contributed by atoms with Crippen molar-refractivity contribution in [2.45, 2.75) is 57.8 Å². The predicted molar refractivity (Wildman–Crippen MR) is 125 cm³/mol. The van der Waals surface area contributed by atoms with E-state index in [1.54, 1.807) is 10.9 Å². The number of aromatic amines is 1. The van der Waals surface area contributed by atoms with Crippen molar-refractivity contribution < 1.29 is 4.39 Å². The van der Waals surface area contributed by atoms with Crippen molar-refractivity contribution in [1.29, 1.82) is 0 Å². The zero-order valence-electron chi connectivity index (χ0n) is 18.3. The van der Waals surface area contributed by atoms with E-state index in [-0.39, 0.29) is 23.9 Å². The molecule has 1 aliphatic carbocycles. The summed E-state index contributed by atoms with van der Waals surface area (Å²) < 4.78 is 15.8. The van der Waals surface area contributed by atoms with Crippen LogP contribution in [0.2, 0.25) is 0 Å². The van der Waals surface area contributed by atoms with Crippen LogP contribution in [-0.2, 0) is 12.0 Å². The van der Waals surface area contributed by atoms with Crippen molar-refractivity contribution >= 4 is 17.8 Å². The molecule has 162 valence electrons. The van der Waals surface area contributed by atoms with Gasteiger partial charge in [0.05, 0.1) is 12.7 Å². The summed E-state index contributed by atoms with van der Waals surface area (Å²) in [5.74, 6) is -0.00658. The summed E-state index contributed by atoms with van der Waals surface area (Å²) in [6.07, 6.45) is 6.37. The minimum absolute atomic E-state index is 0.00658. The molecule has 0 fully saturated rings. The second kappa shape index (κ2) is 7.80. The molecule has 0 amide bonds. The molecule has 3 aromatic rings. The van der Waals surface area contributed by atoms with Gasteiger partial charge in [0.25, 0.3) is 0 Å². The van der Waals surface area contributed by atoms with E-state index < -0.39 is 6.17 Å². The summed E-state index contributed by atoms with van der Waals surface area (Å²) in [6.45, 7) is 12.4. The lowest BCUT2D eigenvalue weighted by Crippen LogP contribution is -2.23. The van der Waals surface area contributed by atoms with E-state index in [9.17, 15) is 4.39 Å². The van der Waals surface area contributed by atoms with Crippen molar-refractivity contribution in [2.24, 2.45) is 5.73 Å². The van der Waals surface area contributed by atoms with E-state index in [4.69, 9.17) is 18.0 Å². The summed E-state index contributed by atoms with van der Waals surface area (Å²) in [5, 5.41) is 4.36. The standard InChI is InChI=1S/C24H28FN5S/c1-13(25)11-30-12-18(10-28-30)22-14(2)21-20(31)7-19(29-23(21)24(22,4)5)17-6-16(15(3)26)8-27-9-17/h6-10,12-13,15,22H,2,11,26H2,1,3-5H3,(H,29,31)/t13?,15-,22?/m1/s1. The van der Waals surface area contributed by atoms with Crippen LogP contribution in [0.5, 0.6) is 0 Å². The molecule has 3 aromatic heterocycles. The first-order chi connectivity index (χ1) is 14.6. The Morgan fingerprint density at radius 3 is 2.71 bits per heavy atom. The van der Waals surface area contributed by atoms with Crippen LogP contribution >= 0.6 is 12.2 Å². The van der Waals surface area contributed by atoms with E-state index in [0.717, 1.165) is 43.7 Å². The highest BCUT2D eigenvalue weighted by Gasteiger charge is 2.45. The van der Waals surface area contributed by atoms with Gasteiger partial charge in [-0.15, -0.1) is 0 Å². The number of nitrogens with two attached hydrogens (primary N) is 1. The fraction of sp³-hybridized carbons (Fsp3) is 0.375. The van der Waals surface area contributed by atoms with Crippen molar-refractivity contribution in [3.8, 4) is 11.3 Å². The summed E-state index contributed by atoms with van der Waals surface area (Å²) in [6, 6.07) is 3.91. The molecule has 3 atom stereocenters. The number of H-pyrrole nitrogens is 1. The zero-order valence-corrected chi connectivity index (χ0v) is 19.1. The Labute approximate surface area is 187 Å². The molecule has 0 radical (unpaired) electrons. The van der Waals surface area contributed by atoms with Gasteiger partial charge in [0.1, 0.15) is 6.17 Å². The molecule has 5 nitrogen and oxygen atoms in total. The zero-order chi connectivity index (χ0) is 22.5. The van der Waals surface area contributed by atoms with E-state index in [1.165, 1.54) is 6.92 Å². The maximum atomic E-state index is 13.4. The Balaban J connectivity index is 1.79. The fourth-order valence-electron chi connectivity index (χ4n) is 4.60. The van der Waals surface area contributed by atoms with Gasteiger partial charge >= 0.3 is 0 Å². The van der Waals surface area contributed by atoms with E-state index in [2.05, 4.69) is 35.5 Å². The molecule has 3 N–H and O–H groups in total. The predicted octanol–water partition coefficient (Wildman–Crippen LogP) is 5.47. The number of fused-ring (bicyclic) bond motifs is 1. The van der Waals surface area contributed by atoms with Gasteiger partial charge in [0, 0.05) is 63.0 Å². The molecular weight excluding hydrogens is 409 g/mol. The first kappa shape index (κ1) is 21.6. The Kier molecular flexibility index (Phi) is 5.43. The maximum Gasteiger partial charge on any atom is 0.117 e. The van der Waals surface area contributed by atoms with Gasteiger partial charge in [-0.25, -0.2) is 4.39 Å². The van der Waals surface area contributed by atoms with Gasteiger partial charge in [-0.1, -0.05) is 32.6 Å². The number of allylic oxidation sites excluding steroid dienone is 1. The summed E-state index contributed by atoms with van der Waals surface area (Å²) >= 11 is 5.80. The molecular formula is C24H28FN5S. The highest BCUT2D eigenvalue weighted by atomic mass is 32.1. The number of nitrogens with zero attached hydrogens (tertiary/aromatic N) is 3. The van der Waals surface area contributed by atoms with Crippen LogP contribution in [0.3, 0.4) is 0 Å². The second-order valence-electron chi connectivity index (χ2n) is 9.05. The van der Waals surface area contributed by atoms with Crippen molar-refractivity contribution in [3.63, 3.8) is 0 Å². The van der Waals surface area contributed by atoms with Gasteiger partial charge in [-0.3, -0.25) is 9.67 Å². The van der Waals surface area contributed by atoms with Gasteiger partial charge in [0.15, 0.2) is 0 Å². The summed E-state index contributed by atoms with van der Waals surface area (Å²) in [5.41, 5.74) is 12.6. The van der Waals surface area contributed by atoms with E-state index >= 15 is 0 Å². The largest absolute Gasteiger partial charge is 0.357 e. The Morgan fingerprint density at radius 1 is 1.29 bits per heavy atom. The van der Waals surface area contributed by atoms with Crippen LogP contribution in [0.25, 0.3) is 16.8 Å². The number of rotatable bonds is 5. The molecule has 0 spiro atoms. The monoisotopic (exact) mass is 437 g/mol. The van der Waals surface area contributed by atoms with E-state index in [1.807, 2.05) is 37.6 Å². The molecule has 0 saturated heterocycles. The van der Waals surface area contributed by atoms with Crippen LogP contribution in [0.4, 0.5) is 4.39 Å². The SMILES string of the molecule is C=C1c2c([nH]c(-c3cncc([C@@H](C)N)c3)cc2=S)C(C)(C)C1c1cnn(CC(C)F)c1. The number of halogens is 1. The molecule has 0 aliphatic heterocycles. The average molecular weight is 438 g/mol. The smallest absolute Gasteiger partial charge is 0.117 e. The minimum atomic E-state index is -0.958. The molecule has 4 rings (SSSR count). The number of aromatic nitrogens is 4. The van der Waals surface area contributed by atoms with Crippen molar-refractivity contribution in [3.05, 3.63) is 70.4 Å². The van der Waals surface area contributed by atoms with Gasteiger partial charge < -0.3 is 10.7 Å². The molecule has 2 unspecified atom stereocenters. The summed E-state index contributed by atoms with van der Waals surface area (Å²) in [7, 11) is 0. The lowest BCUT2D eigenvalue weighted by molar-refractivity contribution is 0.309. The summed E-state index contributed by atoms with van der Waals surface area (Å²) in [4.78, 5) is 7.96. The third-order valence-electron chi connectivity index (χ3n) is 6.09. The highest BCUT2D eigenvalue weighted by molar-refractivity contribution is 7.71. The van der Waals surface area contributed by atoms with E-state index in [0.29, 0.717) is 0 Å². The molecule has 0 saturated carbocycles. The van der Waals surface area contributed by atoms with Gasteiger partial charge in [0.2, 0.25) is 0 Å². The average Bonchev–Trinajstić information content (AvgIpc) is 3.21. The van der Waals surface area contributed by atoms with Crippen LogP contribution < -0.4 is 5.73 Å². The highest BCUT2D eigenvalue weighted by Crippen LogP contribution is 2.54. The third-order valence-corrected chi connectivity index (χ3v) is 6.41. The van der Waals surface area contributed by atoms with Crippen LogP contribution in [-0.4, -0.2) is 25.9 Å². The normalized spacial score (nSPS) is 19.3. The number of hydrogen-bond acceptors (Lipinski definition) is 4. The van der Waals surface area contributed by atoms with Gasteiger partial charge in [-0.05, 0) is 42.7 Å². The number of pyridine rings is 2.